The average Bonchev–Trinajstić information content (AvgIpc) is 2.24. The normalized spacial score (nSPS) is 19.0. The van der Waals surface area contributed by atoms with E-state index in [0.29, 0.717) is 25.3 Å². The van der Waals surface area contributed by atoms with Crippen molar-refractivity contribution in [1.82, 2.24) is 10.2 Å². The smallest absolute Gasteiger partial charge is 0.386 e. The molecule has 1 aromatic rings. The Kier molecular flexibility index (Phi) is 2.73. The van der Waals surface area contributed by atoms with Crippen molar-refractivity contribution in [2.75, 3.05) is 18.0 Å². The lowest BCUT2D eigenvalue weighted by molar-refractivity contribution is -0.141. The molecular formula is C10H12F3N3O. The fraction of sp³-hybridized carbons (Fsp3) is 0.600. The molecule has 2 rings (SSSR count). The fourth-order valence-electron chi connectivity index (χ4n) is 1.69. The number of hydrogen-bond donors (Lipinski definition) is 1. The van der Waals surface area contributed by atoms with Gasteiger partial charge in [0.05, 0.1) is 18.7 Å². The van der Waals surface area contributed by atoms with Crippen LogP contribution in [0.1, 0.15) is 19.0 Å². The lowest BCUT2D eigenvalue weighted by atomic mass is 9.91. The molecule has 1 aliphatic heterocycles. The van der Waals surface area contributed by atoms with Crippen LogP contribution >= 0.6 is 0 Å². The number of rotatable bonds is 2. The van der Waals surface area contributed by atoms with Crippen LogP contribution in [0.25, 0.3) is 0 Å². The maximum Gasteiger partial charge on any atom is 0.435 e. The second-order valence-electron chi connectivity index (χ2n) is 4.21. The molecule has 0 aromatic carbocycles. The summed E-state index contributed by atoms with van der Waals surface area (Å²) in [4.78, 5) is 1.69. The first-order valence-corrected chi connectivity index (χ1v) is 5.22. The molecule has 94 valence electrons. The molecule has 1 aliphatic rings. The second-order valence-corrected chi connectivity index (χ2v) is 4.21. The molecule has 1 N–H and O–H groups in total. The summed E-state index contributed by atoms with van der Waals surface area (Å²) in [6.07, 6.45) is -3.86. The van der Waals surface area contributed by atoms with Crippen LogP contribution < -0.4 is 4.90 Å². The Hall–Kier alpha value is -1.37. The lowest BCUT2D eigenvalue weighted by Crippen LogP contribution is -2.61. The van der Waals surface area contributed by atoms with Crippen molar-refractivity contribution in [3.63, 3.8) is 0 Å². The number of alkyl halides is 3. The van der Waals surface area contributed by atoms with Gasteiger partial charge < -0.3 is 10.0 Å². The van der Waals surface area contributed by atoms with Gasteiger partial charge in [0.25, 0.3) is 0 Å². The molecule has 0 amide bonds. The third-order valence-electron chi connectivity index (χ3n) is 2.89. The Bertz CT molecular complexity index is 398. The second kappa shape index (κ2) is 3.83. The third-order valence-corrected chi connectivity index (χ3v) is 2.89. The van der Waals surface area contributed by atoms with E-state index in [2.05, 4.69) is 10.2 Å². The maximum atomic E-state index is 12.2. The third kappa shape index (κ3) is 2.33. The van der Waals surface area contributed by atoms with Gasteiger partial charge in [-0.1, -0.05) is 6.92 Å². The topological polar surface area (TPSA) is 49.2 Å². The Balaban J connectivity index is 2.06. The molecule has 0 spiro atoms. The Labute approximate surface area is 96.1 Å². The first-order valence-electron chi connectivity index (χ1n) is 5.22. The van der Waals surface area contributed by atoms with Crippen LogP contribution in [0.5, 0.6) is 0 Å². The van der Waals surface area contributed by atoms with Crippen molar-refractivity contribution in [2.24, 2.45) is 0 Å². The summed E-state index contributed by atoms with van der Waals surface area (Å²) in [5.74, 6) is 0.358. The van der Waals surface area contributed by atoms with Crippen LogP contribution in [0.3, 0.4) is 0 Å². The van der Waals surface area contributed by atoms with Gasteiger partial charge in [0.2, 0.25) is 0 Å². The summed E-state index contributed by atoms with van der Waals surface area (Å²) in [5.41, 5.74) is -1.75. The first kappa shape index (κ1) is 12.1. The summed E-state index contributed by atoms with van der Waals surface area (Å²) in [7, 11) is 0. The van der Waals surface area contributed by atoms with E-state index in [1.54, 1.807) is 4.90 Å². The molecule has 17 heavy (non-hydrogen) atoms. The molecule has 0 atom stereocenters. The molecular weight excluding hydrogens is 235 g/mol. The monoisotopic (exact) mass is 247 g/mol. The van der Waals surface area contributed by atoms with Crippen LogP contribution in [0, 0.1) is 0 Å². The zero-order valence-electron chi connectivity index (χ0n) is 9.20. The van der Waals surface area contributed by atoms with Gasteiger partial charge in [-0.05, 0) is 18.6 Å². The molecule has 0 unspecified atom stereocenters. The van der Waals surface area contributed by atoms with E-state index < -0.39 is 17.5 Å². The molecule has 2 heterocycles. The van der Waals surface area contributed by atoms with Crippen molar-refractivity contribution in [1.29, 1.82) is 0 Å². The van der Waals surface area contributed by atoms with Crippen LogP contribution in [0.4, 0.5) is 19.0 Å². The summed E-state index contributed by atoms with van der Waals surface area (Å²) in [6.45, 7) is 2.61. The number of aromatic nitrogens is 2. The molecule has 0 saturated carbocycles. The predicted molar refractivity (Wildman–Crippen MR) is 54.5 cm³/mol. The molecule has 1 saturated heterocycles. The van der Waals surface area contributed by atoms with Crippen molar-refractivity contribution in [3.8, 4) is 0 Å². The Morgan fingerprint density at radius 1 is 1.35 bits per heavy atom. The summed E-state index contributed by atoms with van der Waals surface area (Å²) >= 11 is 0. The van der Waals surface area contributed by atoms with Gasteiger partial charge in [-0.2, -0.15) is 13.2 Å². The highest BCUT2D eigenvalue weighted by Crippen LogP contribution is 2.30. The number of β-amino-alcohol motifs (C(OH)–C–C–N with tert-alkyl or cyclic N) is 1. The van der Waals surface area contributed by atoms with Crippen LogP contribution in [0.15, 0.2) is 12.1 Å². The molecule has 0 radical (unpaired) electrons. The van der Waals surface area contributed by atoms with Gasteiger partial charge in [-0.25, -0.2) is 0 Å². The zero-order chi connectivity index (χ0) is 12.7. The summed E-state index contributed by atoms with van der Waals surface area (Å²) in [5, 5.41) is 16.4. The van der Waals surface area contributed by atoms with Gasteiger partial charge in [0.15, 0.2) is 11.5 Å². The van der Waals surface area contributed by atoms with Crippen LogP contribution in [0.2, 0.25) is 0 Å². The van der Waals surface area contributed by atoms with Crippen molar-refractivity contribution < 1.29 is 18.3 Å². The minimum absolute atomic E-state index is 0.358. The quantitative estimate of drug-likeness (QED) is 0.859. The van der Waals surface area contributed by atoms with Crippen LogP contribution in [-0.4, -0.2) is 34.0 Å². The molecule has 0 aliphatic carbocycles. The summed E-state index contributed by atoms with van der Waals surface area (Å²) < 4.78 is 36.7. The largest absolute Gasteiger partial charge is 0.435 e. The van der Waals surface area contributed by atoms with Gasteiger partial charge >= 0.3 is 6.18 Å². The highest BCUT2D eigenvalue weighted by Gasteiger charge is 2.40. The average molecular weight is 247 g/mol. The van der Waals surface area contributed by atoms with E-state index in [0.717, 1.165) is 6.07 Å². The van der Waals surface area contributed by atoms with E-state index >= 15 is 0 Å². The Morgan fingerprint density at radius 2 is 2.00 bits per heavy atom. The van der Waals surface area contributed by atoms with E-state index in [1.807, 2.05) is 6.92 Å². The van der Waals surface area contributed by atoms with Crippen molar-refractivity contribution in [3.05, 3.63) is 17.8 Å². The molecule has 1 fully saturated rings. The molecule has 4 nitrogen and oxygen atoms in total. The zero-order valence-corrected chi connectivity index (χ0v) is 9.20. The fourth-order valence-corrected chi connectivity index (χ4v) is 1.69. The van der Waals surface area contributed by atoms with Gasteiger partial charge in [0.1, 0.15) is 0 Å². The van der Waals surface area contributed by atoms with Crippen LogP contribution in [-0.2, 0) is 6.18 Å². The van der Waals surface area contributed by atoms with E-state index in [1.165, 1.54) is 6.07 Å². The number of halogens is 3. The number of aliphatic hydroxyl groups is 1. The SMILES string of the molecule is CCC1(O)CN(c2ccc(C(F)(F)F)nn2)C1. The molecule has 7 heteroatoms. The minimum Gasteiger partial charge on any atom is -0.386 e. The minimum atomic E-state index is -4.47. The van der Waals surface area contributed by atoms with Gasteiger partial charge in [0, 0.05) is 0 Å². The number of nitrogens with zero attached hydrogens (tertiary/aromatic N) is 3. The molecule has 0 bridgehead atoms. The highest BCUT2D eigenvalue weighted by molar-refractivity contribution is 5.43. The number of anilines is 1. The molecule has 1 aromatic heterocycles. The predicted octanol–water partition coefficient (Wildman–Crippen LogP) is 1.46. The van der Waals surface area contributed by atoms with Crippen molar-refractivity contribution in [2.45, 2.75) is 25.1 Å². The summed E-state index contributed by atoms with van der Waals surface area (Å²) in [6, 6.07) is 2.16. The lowest BCUT2D eigenvalue weighted by Gasteiger charge is -2.46. The van der Waals surface area contributed by atoms with E-state index in [9.17, 15) is 18.3 Å². The van der Waals surface area contributed by atoms with E-state index in [-0.39, 0.29) is 0 Å². The number of hydrogen-bond acceptors (Lipinski definition) is 4. The Morgan fingerprint density at radius 3 is 2.41 bits per heavy atom. The standard InChI is InChI=1S/C10H12F3N3O/c1-2-9(17)5-16(6-9)8-4-3-7(14-15-8)10(11,12)13/h3-4,17H,2,5-6H2,1H3. The highest BCUT2D eigenvalue weighted by atomic mass is 19.4. The maximum absolute atomic E-state index is 12.2. The first-order chi connectivity index (χ1) is 7.84. The van der Waals surface area contributed by atoms with Crippen molar-refractivity contribution >= 4 is 5.82 Å². The van der Waals surface area contributed by atoms with Gasteiger partial charge in [-0.15, -0.1) is 10.2 Å². The van der Waals surface area contributed by atoms with E-state index in [4.69, 9.17) is 0 Å². The van der Waals surface area contributed by atoms with Gasteiger partial charge in [-0.3, -0.25) is 0 Å².